The molecule has 4 aromatic carbocycles. The van der Waals surface area contributed by atoms with E-state index in [9.17, 15) is 23.1 Å². The van der Waals surface area contributed by atoms with Gasteiger partial charge in [-0.15, -0.1) is 0 Å². The zero-order chi connectivity index (χ0) is 29.0. The van der Waals surface area contributed by atoms with Crippen molar-refractivity contribution in [2.45, 2.75) is 39.2 Å². The van der Waals surface area contributed by atoms with Gasteiger partial charge in [0.2, 0.25) is 11.2 Å². The van der Waals surface area contributed by atoms with Crippen molar-refractivity contribution < 1.29 is 32.3 Å². The minimum atomic E-state index is -5.02. The number of nitrogens with one attached hydrogen (secondary N) is 1. The summed E-state index contributed by atoms with van der Waals surface area (Å²) in [5.74, 6) is -2.66. The Morgan fingerprint density at radius 2 is 1.37 bits per heavy atom. The number of hydrogen-bond donors (Lipinski definition) is 2. The second-order valence-electron chi connectivity index (χ2n) is 9.88. The summed E-state index contributed by atoms with van der Waals surface area (Å²) in [5, 5.41) is 10.7. The third-order valence-corrected chi connectivity index (χ3v) is 6.93. The number of phenols is 1. The van der Waals surface area contributed by atoms with E-state index in [0.29, 0.717) is 13.1 Å². The number of phenolic OH excluding ortho intramolecular Hbond substituents is 1. The van der Waals surface area contributed by atoms with Gasteiger partial charge in [0.15, 0.2) is 5.58 Å². The number of ether oxygens (including phenoxy) is 1. The van der Waals surface area contributed by atoms with Gasteiger partial charge in [0.1, 0.15) is 31.1 Å². The number of benzene rings is 4. The van der Waals surface area contributed by atoms with Crippen molar-refractivity contribution >= 4 is 11.0 Å². The van der Waals surface area contributed by atoms with E-state index in [1.807, 2.05) is 67.6 Å². The molecule has 0 fully saturated rings. The number of quaternary nitrogens is 1. The fourth-order valence-electron chi connectivity index (χ4n) is 4.85. The van der Waals surface area contributed by atoms with Gasteiger partial charge in [-0.05, 0) is 36.2 Å². The van der Waals surface area contributed by atoms with Gasteiger partial charge in [-0.1, -0.05) is 79.7 Å². The van der Waals surface area contributed by atoms with Crippen LogP contribution in [0.15, 0.2) is 106 Å². The van der Waals surface area contributed by atoms with E-state index in [-0.39, 0.29) is 34.6 Å². The van der Waals surface area contributed by atoms with Crippen molar-refractivity contribution in [3.05, 3.63) is 135 Å². The summed E-state index contributed by atoms with van der Waals surface area (Å²) >= 11 is 0. The molecule has 0 aliphatic carbocycles. The SMILES string of the molecule is CCc1ccc(Oc2c(C(F)(F)F)oc3c(C[NH+](Cc4ccccc4)Cc4ccccc4)c(O)ccc3c2=O)cc1. The van der Waals surface area contributed by atoms with E-state index in [4.69, 9.17) is 9.15 Å². The molecule has 1 heterocycles. The number of aryl methyl sites for hydroxylation is 1. The first-order valence-electron chi connectivity index (χ1n) is 13.3. The molecule has 0 radical (unpaired) electrons. The first-order chi connectivity index (χ1) is 19.7. The number of halogens is 3. The van der Waals surface area contributed by atoms with Crippen LogP contribution in [0, 0.1) is 0 Å². The van der Waals surface area contributed by atoms with Crippen molar-refractivity contribution in [3.8, 4) is 17.2 Å². The van der Waals surface area contributed by atoms with Crippen molar-refractivity contribution in [2.75, 3.05) is 0 Å². The molecular formula is C33H29F3NO4+. The lowest BCUT2D eigenvalue weighted by atomic mass is 10.1. The summed E-state index contributed by atoms with van der Waals surface area (Å²) in [5.41, 5.74) is 1.84. The Morgan fingerprint density at radius 3 is 1.90 bits per heavy atom. The molecule has 0 saturated carbocycles. The molecular weight excluding hydrogens is 531 g/mol. The highest BCUT2D eigenvalue weighted by molar-refractivity contribution is 5.83. The molecule has 41 heavy (non-hydrogen) atoms. The zero-order valence-corrected chi connectivity index (χ0v) is 22.4. The number of rotatable bonds is 9. The van der Waals surface area contributed by atoms with E-state index >= 15 is 0 Å². The fourth-order valence-corrected chi connectivity index (χ4v) is 4.85. The molecule has 0 unspecified atom stereocenters. The molecule has 0 bridgehead atoms. The van der Waals surface area contributed by atoms with Crippen LogP contribution in [0.1, 0.15) is 34.9 Å². The van der Waals surface area contributed by atoms with E-state index in [1.165, 1.54) is 24.3 Å². The van der Waals surface area contributed by atoms with E-state index in [2.05, 4.69) is 0 Å². The monoisotopic (exact) mass is 560 g/mol. The second kappa shape index (κ2) is 11.9. The first-order valence-corrected chi connectivity index (χ1v) is 13.3. The van der Waals surface area contributed by atoms with Gasteiger partial charge in [0.25, 0.3) is 5.76 Å². The summed E-state index contributed by atoms with van der Waals surface area (Å²) in [6.07, 6.45) is -4.28. The van der Waals surface area contributed by atoms with Gasteiger partial charge in [-0.25, -0.2) is 0 Å². The maximum atomic E-state index is 14.3. The second-order valence-corrected chi connectivity index (χ2v) is 9.88. The van der Waals surface area contributed by atoms with Crippen LogP contribution in [0.2, 0.25) is 0 Å². The molecule has 1 aromatic heterocycles. The third kappa shape index (κ3) is 6.44. The molecule has 5 aromatic rings. The predicted octanol–water partition coefficient (Wildman–Crippen LogP) is 6.66. The maximum absolute atomic E-state index is 14.3. The van der Waals surface area contributed by atoms with Crippen LogP contribution < -0.4 is 15.1 Å². The smallest absolute Gasteiger partial charge is 0.453 e. The lowest BCUT2D eigenvalue weighted by molar-refractivity contribution is -0.941. The Bertz CT molecular complexity index is 1640. The molecule has 0 aliphatic rings. The maximum Gasteiger partial charge on any atom is 0.453 e. The van der Waals surface area contributed by atoms with Crippen molar-refractivity contribution in [2.24, 2.45) is 0 Å². The fraction of sp³-hybridized carbons (Fsp3) is 0.182. The van der Waals surface area contributed by atoms with Crippen LogP contribution in [0.5, 0.6) is 17.2 Å². The van der Waals surface area contributed by atoms with Crippen LogP contribution in [0.4, 0.5) is 13.2 Å². The minimum Gasteiger partial charge on any atom is -0.507 e. The molecule has 8 heteroatoms. The van der Waals surface area contributed by atoms with E-state index in [0.717, 1.165) is 28.0 Å². The molecule has 2 N–H and O–H groups in total. The highest BCUT2D eigenvalue weighted by Crippen LogP contribution is 2.39. The molecule has 0 atom stereocenters. The van der Waals surface area contributed by atoms with Crippen LogP contribution in [0.3, 0.4) is 0 Å². The molecule has 0 aliphatic heterocycles. The van der Waals surface area contributed by atoms with Gasteiger partial charge < -0.3 is 19.2 Å². The molecule has 0 spiro atoms. The minimum absolute atomic E-state index is 0.0830. The lowest BCUT2D eigenvalue weighted by Gasteiger charge is -2.21. The summed E-state index contributed by atoms with van der Waals surface area (Å²) in [4.78, 5) is 14.4. The molecule has 5 rings (SSSR count). The van der Waals surface area contributed by atoms with Crippen LogP contribution in [-0.4, -0.2) is 5.11 Å². The third-order valence-electron chi connectivity index (χ3n) is 6.93. The number of alkyl halides is 3. The number of fused-ring (bicyclic) bond motifs is 1. The van der Waals surface area contributed by atoms with Gasteiger partial charge in [0.05, 0.1) is 10.9 Å². The van der Waals surface area contributed by atoms with Gasteiger partial charge in [-0.2, -0.15) is 13.2 Å². The highest BCUT2D eigenvalue weighted by Gasteiger charge is 2.41. The Kier molecular flexibility index (Phi) is 8.12. The number of aromatic hydroxyl groups is 1. The van der Waals surface area contributed by atoms with Crippen molar-refractivity contribution in [1.29, 1.82) is 0 Å². The predicted molar refractivity (Wildman–Crippen MR) is 150 cm³/mol. The van der Waals surface area contributed by atoms with E-state index in [1.54, 1.807) is 12.1 Å². The average molecular weight is 561 g/mol. The van der Waals surface area contributed by atoms with E-state index < -0.39 is 23.1 Å². The molecule has 0 saturated heterocycles. The van der Waals surface area contributed by atoms with Gasteiger partial charge in [0, 0.05) is 11.1 Å². The highest BCUT2D eigenvalue weighted by atomic mass is 19.4. The Labute approximate surface area is 235 Å². The largest absolute Gasteiger partial charge is 0.507 e. The Balaban J connectivity index is 1.60. The van der Waals surface area contributed by atoms with Crippen molar-refractivity contribution in [3.63, 3.8) is 0 Å². The summed E-state index contributed by atoms with van der Waals surface area (Å²) in [6, 6.07) is 28.4. The van der Waals surface area contributed by atoms with Gasteiger partial charge >= 0.3 is 6.18 Å². The van der Waals surface area contributed by atoms with Crippen LogP contribution in [0.25, 0.3) is 11.0 Å². The normalized spacial score (nSPS) is 11.7. The van der Waals surface area contributed by atoms with Crippen molar-refractivity contribution in [1.82, 2.24) is 0 Å². The average Bonchev–Trinajstić information content (AvgIpc) is 2.96. The zero-order valence-electron chi connectivity index (χ0n) is 22.4. The van der Waals surface area contributed by atoms with Crippen LogP contribution >= 0.6 is 0 Å². The quantitative estimate of drug-likeness (QED) is 0.212. The summed E-state index contributed by atoms with van der Waals surface area (Å²) in [7, 11) is 0. The standard InChI is InChI=1S/C33H28F3NO4/c1-2-22-13-15-25(16-14-22)40-31-29(39)26-17-18-28(38)27(30(26)41-32(31)33(34,35)36)21-37(19-23-9-5-3-6-10-23)20-24-11-7-4-8-12-24/h3-18,38H,2,19-21H2,1H3/p+1. The van der Waals surface area contributed by atoms with Crippen LogP contribution in [-0.2, 0) is 32.2 Å². The lowest BCUT2D eigenvalue weighted by Crippen LogP contribution is -3.08. The van der Waals surface area contributed by atoms with Gasteiger partial charge in [-0.3, -0.25) is 4.79 Å². The Hall–Kier alpha value is -4.56. The topological polar surface area (TPSA) is 64.1 Å². The molecule has 0 amide bonds. The first kappa shape index (κ1) is 28.0. The summed E-state index contributed by atoms with van der Waals surface area (Å²) < 4.78 is 53.7. The Morgan fingerprint density at radius 1 is 0.780 bits per heavy atom. The molecule has 210 valence electrons. The summed E-state index contributed by atoms with van der Waals surface area (Å²) in [6.45, 7) is 3.10. The molecule has 5 nitrogen and oxygen atoms in total. The number of hydrogen-bond acceptors (Lipinski definition) is 4.